The summed E-state index contributed by atoms with van der Waals surface area (Å²) < 4.78 is 1.83. The number of piperidine rings is 1. The van der Waals surface area contributed by atoms with E-state index in [0.29, 0.717) is 18.7 Å². The van der Waals surface area contributed by atoms with E-state index in [1.807, 2.05) is 61.0 Å². The van der Waals surface area contributed by atoms with Crippen molar-refractivity contribution in [3.8, 4) is 5.82 Å². The smallest absolute Gasteiger partial charge is 0.224 e. The normalized spacial score (nSPS) is 14.0. The fourth-order valence-electron chi connectivity index (χ4n) is 3.97. The van der Waals surface area contributed by atoms with Crippen LogP contribution in [0, 0.1) is 13.8 Å². The third kappa shape index (κ3) is 4.50. The monoisotopic (exact) mass is 404 g/mol. The van der Waals surface area contributed by atoms with Gasteiger partial charge in [0.1, 0.15) is 0 Å². The van der Waals surface area contributed by atoms with Gasteiger partial charge >= 0.3 is 0 Å². The Morgan fingerprint density at radius 1 is 0.967 bits per heavy atom. The first kappa shape index (κ1) is 20.1. The minimum atomic E-state index is -0.00146. The molecule has 0 saturated carbocycles. The molecule has 1 saturated heterocycles. The van der Waals surface area contributed by atoms with Crippen LogP contribution in [0.4, 0.5) is 11.5 Å². The maximum atomic E-state index is 12.3. The van der Waals surface area contributed by atoms with Gasteiger partial charge < -0.3 is 10.2 Å². The SMILES string of the molecule is Cc1nn(-c2ccc(N3CCCCC3)nn2)c(C)c1CCC(=O)Nc1ccccc1. The lowest BCUT2D eigenvalue weighted by molar-refractivity contribution is -0.116. The molecular formula is C23H28N6O. The number of amides is 1. The number of benzene rings is 1. The van der Waals surface area contributed by atoms with Gasteiger partial charge in [0.2, 0.25) is 5.91 Å². The zero-order valence-corrected chi connectivity index (χ0v) is 17.6. The van der Waals surface area contributed by atoms with Crippen LogP contribution in [-0.2, 0) is 11.2 Å². The molecule has 7 nitrogen and oxygen atoms in total. The zero-order valence-electron chi connectivity index (χ0n) is 17.6. The Bertz CT molecular complexity index is 991. The molecule has 2 aromatic heterocycles. The predicted molar refractivity (Wildman–Crippen MR) is 118 cm³/mol. The van der Waals surface area contributed by atoms with Crippen molar-refractivity contribution >= 4 is 17.4 Å². The van der Waals surface area contributed by atoms with Crippen LogP contribution in [0.1, 0.15) is 42.6 Å². The van der Waals surface area contributed by atoms with Crippen LogP contribution in [0.15, 0.2) is 42.5 Å². The predicted octanol–water partition coefficient (Wildman–Crippen LogP) is 3.84. The lowest BCUT2D eigenvalue weighted by Gasteiger charge is -2.27. The van der Waals surface area contributed by atoms with Gasteiger partial charge in [-0.05, 0) is 69.4 Å². The quantitative estimate of drug-likeness (QED) is 0.676. The van der Waals surface area contributed by atoms with E-state index in [1.165, 1.54) is 19.3 Å². The van der Waals surface area contributed by atoms with Crippen molar-refractivity contribution < 1.29 is 4.79 Å². The molecule has 1 N–H and O–H groups in total. The minimum Gasteiger partial charge on any atom is -0.355 e. The first-order chi connectivity index (χ1) is 14.6. The maximum Gasteiger partial charge on any atom is 0.224 e. The summed E-state index contributed by atoms with van der Waals surface area (Å²) in [6.07, 6.45) is 4.75. The summed E-state index contributed by atoms with van der Waals surface area (Å²) in [6, 6.07) is 13.5. The molecule has 7 heteroatoms. The van der Waals surface area contributed by atoms with E-state index in [2.05, 4.69) is 25.5 Å². The molecule has 3 aromatic rings. The van der Waals surface area contributed by atoms with Gasteiger partial charge in [-0.1, -0.05) is 18.2 Å². The summed E-state index contributed by atoms with van der Waals surface area (Å²) in [4.78, 5) is 14.6. The summed E-state index contributed by atoms with van der Waals surface area (Å²) in [7, 11) is 0. The molecule has 1 aromatic carbocycles. The Balaban J connectivity index is 1.43. The second kappa shape index (κ2) is 9.07. The van der Waals surface area contributed by atoms with Crippen LogP contribution >= 0.6 is 0 Å². The second-order valence-electron chi connectivity index (χ2n) is 7.77. The van der Waals surface area contributed by atoms with E-state index >= 15 is 0 Å². The van der Waals surface area contributed by atoms with E-state index in [4.69, 9.17) is 0 Å². The molecule has 0 atom stereocenters. The highest BCUT2D eigenvalue weighted by atomic mass is 16.1. The first-order valence-electron chi connectivity index (χ1n) is 10.6. The largest absolute Gasteiger partial charge is 0.355 e. The zero-order chi connectivity index (χ0) is 20.9. The van der Waals surface area contributed by atoms with Crippen LogP contribution in [0.25, 0.3) is 5.82 Å². The maximum absolute atomic E-state index is 12.3. The molecule has 0 bridgehead atoms. The van der Waals surface area contributed by atoms with E-state index < -0.39 is 0 Å². The van der Waals surface area contributed by atoms with Crippen molar-refractivity contribution in [1.82, 2.24) is 20.0 Å². The molecule has 1 amide bonds. The second-order valence-corrected chi connectivity index (χ2v) is 7.77. The van der Waals surface area contributed by atoms with Crippen molar-refractivity contribution in [2.75, 3.05) is 23.3 Å². The molecule has 1 aliphatic rings. The van der Waals surface area contributed by atoms with E-state index in [9.17, 15) is 4.79 Å². The van der Waals surface area contributed by atoms with Crippen molar-refractivity contribution in [2.45, 2.75) is 46.0 Å². The Hall–Kier alpha value is -3.22. The Morgan fingerprint density at radius 2 is 1.67 bits per heavy atom. The highest BCUT2D eigenvalue weighted by molar-refractivity contribution is 5.90. The van der Waals surface area contributed by atoms with E-state index in [0.717, 1.165) is 41.5 Å². The average Bonchev–Trinajstić information content (AvgIpc) is 3.07. The Morgan fingerprint density at radius 3 is 2.37 bits per heavy atom. The van der Waals surface area contributed by atoms with Crippen LogP contribution < -0.4 is 10.2 Å². The summed E-state index contributed by atoms with van der Waals surface area (Å²) in [5.74, 6) is 1.63. The van der Waals surface area contributed by atoms with Crippen LogP contribution in [-0.4, -0.2) is 39.0 Å². The van der Waals surface area contributed by atoms with Gasteiger partial charge in [-0.15, -0.1) is 10.2 Å². The van der Waals surface area contributed by atoms with E-state index in [1.54, 1.807) is 0 Å². The number of aryl methyl sites for hydroxylation is 1. The molecule has 0 spiro atoms. The fraction of sp³-hybridized carbons (Fsp3) is 0.391. The minimum absolute atomic E-state index is 0.00146. The molecule has 0 aliphatic carbocycles. The Labute approximate surface area is 177 Å². The molecule has 30 heavy (non-hydrogen) atoms. The van der Waals surface area contributed by atoms with Gasteiger partial charge in [0.15, 0.2) is 11.6 Å². The third-order valence-electron chi connectivity index (χ3n) is 5.63. The molecule has 3 heterocycles. The number of hydrogen-bond acceptors (Lipinski definition) is 5. The van der Waals surface area contributed by atoms with Crippen LogP contribution in [0.2, 0.25) is 0 Å². The number of carbonyl (C=O) groups is 1. The molecular weight excluding hydrogens is 376 g/mol. The average molecular weight is 405 g/mol. The number of nitrogens with zero attached hydrogens (tertiary/aromatic N) is 5. The highest BCUT2D eigenvalue weighted by Gasteiger charge is 2.17. The van der Waals surface area contributed by atoms with Gasteiger partial charge in [0, 0.05) is 30.9 Å². The summed E-state index contributed by atoms with van der Waals surface area (Å²) in [6.45, 7) is 6.08. The third-order valence-corrected chi connectivity index (χ3v) is 5.63. The van der Waals surface area contributed by atoms with Gasteiger partial charge in [-0.2, -0.15) is 5.10 Å². The summed E-state index contributed by atoms with van der Waals surface area (Å²) >= 11 is 0. The van der Waals surface area contributed by atoms with Crippen molar-refractivity contribution in [3.05, 3.63) is 59.4 Å². The van der Waals surface area contributed by atoms with Crippen molar-refractivity contribution in [3.63, 3.8) is 0 Å². The lowest BCUT2D eigenvalue weighted by Crippen LogP contribution is -2.30. The molecule has 1 fully saturated rings. The lowest BCUT2D eigenvalue weighted by atomic mass is 10.1. The number of para-hydroxylation sites is 1. The number of nitrogens with one attached hydrogen (secondary N) is 1. The summed E-state index contributed by atoms with van der Waals surface area (Å²) in [5.41, 5.74) is 3.82. The Kier molecular flexibility index (Phi) is 6.07. The molecule has 0 radical (unpaired) electrons. The van der Waals surface area contributed by atoms with Crippen molar-refractivity contribution in [1.29, 1.82) is 0 Å². The molecule has 0 unspecified atom stereocenters. The topological polar surface area (TPSA) is 75.9 Å². The number of carbonyl (C=O) groups excluding carboxylic acids is 1. The van der Waals surface area contributed by atoms with Crippen LogP contribution in [0.5, 0.6) is 0 Å². The standard InChI is InChI=1S/C23H28N6O/c1-17-20(11-14-23(30)24-19-9-5-3-6-10-19)18(2)29(27-17)22-13-12-21(25-26-22)28-15-7-4-8-16-28/h3,5-6,9-10,12-13H,4,7-8,11,14-16H2,1-2H3,(H,24,30). The van der Waals surface area contributed by atoms with Crippen molar-refractivity contribution in [2.24, 2.45) is 0 Å². The first-order valence-corrected chi connectivity index (χ1v) is 10.6. The molecule has 1 aliphatic heterocycles. The fourth-order valence-corrected chi connectivity index (χ4v) is 3.97. The number of anilines is 2. The van der Waals surface area contributed by atoms with Gasteiger partial charge in [0.05, 0.1) is 5.69 Å². The van der Waals surface area contributed by atoms with E-state index in [-0.39, 0.29) is 5.91 Å². The van der Waals surface area contributed by atoms with Crippen LogP contribution in [0.3, 0.4) is 0 Å². The number of aromatic nitrogens is 4. The highest BCUT2D eigenvalue weighted by Crippen LogP contribution is 2.21. The number of rotatable bonds is 6. The summed E-state index contributed by atoms with van der Waals surface area (Å²) in [5, 5.41) is 16.4. The molecule has 4 rings (SSSR count). The van der Waals surface area contributed by atoms with Gasteiger partial charge in [0.25, 0.3) is 0 Å². The number of hydrogen-bond donors (Lipinski definition) is 1. The molecule has 156 valence electrons. The van der Waals surface area contributed by atoms with Gasteiger partial charge in [-0.3, -0.25) is 4.79 Å². The van der Waals surface area contributed by atoms with Gasteiger partial charge in [-0.25, -0.2) is 4.68 Å².